The number of amides is 2. The molecule has 1 aromatic rings. The van der Waals surface area contributed by atoms with E-state index in [4.69, 9.17) is 5.11 Å². The maximum absolute atomic E-state index is 12.4. The molecule has 1 saturated heterocycles. The third-order valence-electron chi connectivity index (χ3n) is 6.19. The van der Waals surface area contributed by atoms with Crippen molar-refractivity contribution in [3.63, 3.8) is 0 Å². The predicted molar refractivity (Wildman–Crippen MR) is 110 cm³/mol. The second kappa shape index (κ2) is 10.0. The molecular weight excluding hydrogens is 354 g/mol. The standard InChI is InChI=1S/C22H33N3O3/c1-24(22(28)11-13-25-14-18-4-2-5-19(18)15-25)12-3-6-21(27)23-20-9-7-17(16-26)8-10-20/h7-10,18-19,26H,2-6,11-16H2,1H3,(H,23,27). The molecule has 1 aliphatic carbocycles. The summed E-state index contributed by atoms with van der Waals surface area (Å²) >= 11 is 0. The highest BCUT2D eigenvalue weighted by molar-refractivity contribution is 5.90. The summed E-state index contributed by atoms with van der Waals surface area (Å²) in [5, 5.41) is 11.9. The van der Waals surface area contributed by atoms with Crippen LogP contribution in [0.15, 0.2) is 24.3 Å². The van der Waals surface area contributed by atoms with Crippen LogP contribution in [0.3, 0.4) is 0 Å². The van der Waals surface area contributed by atoms with Crippen LogP contribution in [0.25, 0.3) is 0 Å². The molecule has 154 valence electrons. The molecule has 6 nitrogen and oxygen atoms in total. The second-order valence-electron chi connectivity index (χ2n) is 8.28. The third-order valence-corrected chi connectivity index (χ3v) is 6.19. The smallest absolute Gasteiger partial charge is 0.224 e. The Morgan fingerprint density at radius 3 is 2.46 bits per heavy atom. The maximum atomic E-state index is 12.4. The van der Waals surface area contributed by atoms with Crippen LogP contribution in [-0.4, -0.2) is 59.9 Å². The van der Waals surface area contributed by atoms with Crippen molar-refractivity contribution >= 4 is 17.5 Å². The fourth-order valence-electron chi connectivity index (χ4n) is 4.48. The average molecular weight is 388 g/mol. The van der Waals surface area contributed by atoms with Crippen LogP contribution >= 0.6 is 0 Å². The Balaban J connectivity index is 1.29. The van der Waals surface area contributed by atoms with Crippen LogP contribution in [0.2, 0.25) is 0 Å². The van der Waals surface area contributed by atoms with E-state index in [-0.39, 0.29) is 18.4 Å². The number of hydrogen-bond donors (Lipinski definition) is 2. The molecule has 2 unspecified atom stereocenters. The first-order valence-electron chi connectivity index (χ1n) is 10.5. The minimum absolute atomic E-state index is 0.00644. The van der Waals surface area contributed by atoms with E-state index in [0.717, 1.165) is 29.6 Å². The van der Waals surface area contributed by atoms with Crippen LogP contribution < -0.4 is 5.32 Å². The zero-order valence-corrected chi connectivity index (χ0v) is 16.9. The van der Waals surface area contributed by atoms with Crippen molar-refractivity contribution in [3.8, 4) is 0 Å². The van der Waals surface area contributed by atoms with Crippen molar-refractivity contribution in [2.45, 2.75) is 45.1 Å². The Kier molecular flexibility index (Phi) is 7.45. The van der Waals surface area contributed by atoms with Crippen LogP contribution in [0.1, 0.15) is 44.1 Å². The molecule has 0 radical (unpaired) electrons. The van der Waals surface area contributed by atoms with Crippen LogP contribution in [0.5, 0.6) is 0 Å². The van der Waals surface area contributed by atoms with E-state index in [2.05, 4.69) is 10.2 Å². The summed E-state index contributed by atoms with van der Waals surface area (Å²) in [4.78, 5) is 28.6. The summed E-state index contributed by atoms with van der Waals surface area (Å²) in [7, 11) is 1.83. The van der Waals surface area contributed by atoms with Gasteiger partial charge in [0.15, 0.2) is 0 Å². The number of fused-ring (bicyclic) bond motifs is 1. The van der Waals surface area contributed by atoms with Crippen LogP contribution in [-0.2, 0) is 16.2 Å². The van der Waals surface area contributed by atoms with Gasteiger partial charge in [0.05, 0.1) is 6.61 Å². The van der Waals surface area contributed by atoms with Gasteiger partial charge in [0, 0.05) is 51.8 Å². The highest BCUT2D eigenvalue weighted by Crippen LogP contribution is 2.37. The lowest BCUT2D eigenvalue weighted by Crippen LogP contribution is -2.32. The van der Waals surface area contributed by atoms with Gasteiger partial charge in [-0.25, -0.2) is 0 Å². The van der Waals surface area contributed by atoms with E-state index in [9.17, 15) is 9.59 Å². The molecule has 2 N–H and O–H groups in total. The third kappa shape index (κ3) is 5.79. The Bertz CT molecular complexity index is 649. The summed E-state index contributed by atoms with van der Waals surface area (Å²) in [6.07, 6.45) is 5.71. The summed E-state index contributed by atoms with van der Waals surface area (Å²) < 4.78 is 0. The number of carbonyl (C=O) groups is 2. The summed E-state index contributed by atoms with van der Waals surface area (Å²) in [6.45, 7) is 3.79. The quantitative estimate of drug-likeness (QED) is 0.683. The zero-order chi connectivity index (χ0) is 19.9. The minimum atomic E-state index is -0.0544. The molecule has 2 fully saturated rings. The number of nitrogens with one attached hydrogen (secondary N) is 1. The summed E-state index contributed by atoms with van der Waals surface area (Å²) in [5.41, 5.74) is 1.54. The van der Waals surface area contributed by atoms with E-state index in [1.165, 1.54) is 32.4 Å². The lowest BCUT2D eigenvalue weighted by Gasteiger charge is -2.20. The van der Waals surface area contributed by atoms with E-state index in [0.29, 0.717) is 25.8 Å². The summed E-state index contributed by atoms with van der Waals surface area (Å²) in [6, 6.07) is 7.14. The normalized spacial score (nSPS) is 21.5. The van der Waals surface area contributed by atoms with Gasteiger partial charge in [-0.2, -0.15) is 0 Å². The minimum Gasteiger partial charge on any atom is -0.392 e. The molecule has 2 atom stereocenters. The topological polar surface area (TPSA) is 72.9 Å². The average Bonchev–Trinajstić information content (AvgIpc) is 3.28. The molecule has 1 aromatic carbocycles. The lowest BCUT2D eigenvalue weighted by atomic mass is 10.0. The largest absolute Gasteiger partial charge is 0.392 e. The lowest BCUT2D eigenvalue weighted by molar-refractivity contribution is -0.130. The number of benzene rings is 1. The SMILES string of the molecule is CN(CCCC(=O)Nc1ccc(CO)cc1)C(=O)CCN1CC2CCCC2C1. The van der Waals surface area contributed by atoms with Crippen molar-refractivity contribution in [3.05, 3.63) is 29.8 Å². The van der Waals surface area contributed by atoms with E-state index in [1.54, 1.807) is 29.2 Å². The molecule has 0 aromatic heterocycles. The predicted octanol–water partition coefficient (Wildman–Crippen LogP) is 2.48. The monoisotopic (exact) mass is 387 g/mol. The number of hydrogen-bond acceptors (Lipinski definition) is 4. The van der Waals surface area contributed by atoms with Crippen LogP contribution in [0, 0.1) is 11.8 Å². The van der Waals surface area contributed by atoms with Gasteiger partial charge in [0.25, 0.3) is 0 Å². The first-order chi connectivity index (χ1) is 13.5. The van der Waals surface area contributed by atoms with E-state index < -0.39 is 0 Å². The number of likely N-dealkylation sites (tertiary alicyclic amines) is 1. The Labute approximate surface area is 167 Å². The molecule has 2 aliphatic rings. The van der Waals surface area contributed by atoms with Crippen molar-refractivity contribution in [1.29, 1.82) is 0 Å². The molecule has 2 amide bonds. The number of rotatable bonds is 9. The Hall–Kier alpha value is -1.92. The van der Waals surface area contributed by atoms with Gasteiger partial charge < -0.3 is 20.2 Å². The Morgan fingerprint density at radius 1 is 1.14 bits per heavy atom. The van der Waals surface area contributed by atoms with Gasteiger partial charge in [0.1, 0.15) is 0 Å². The second-order valence-corrected chi connectivity index (χ2v) is 8.28. The number of aliphatic hydroxyl groups is 1. The van der Waals surface area contributed by atoms with E-state index >= 15 is 0 Å². The number of nitrogens with zero attached hydrogens (tertiary/aromatic N) is 2. The number of aliphatic hydroxyl groups excluding tert-OH is 1. The highest BCUT2D eigenvalue weighted by Gasteiger charge is 2.35. The van der Waals surface area contributed by atoms with E-state index in [1.807, 2.05) is 7.05 Å². The van der Waals surface area contributed by atoms with Gasteiger partial charge in [-0.15, -0.1) is 0 Å². The fourth-order valence-corrected chi connectivity index (χ4v) is 4.48. The highest BCUT2D eigenvalue weighted by atomic mass is 16.3. The molecule has 3 rings (SSSR count). The van der Waals surface area contributed by atoms with Crippen molar-refractivity contribution in [1.82, 2.24) is 9.80 Å². The van der Waals surface area contributed by atoms with Crippen molar-refractivity contribution in [2.75, 3.05) is 38.5 Å². The number of anilines is 1. The van der Waals surface area contributed by atoms with Crippen molar-refractivity contribution < 1.29 is 14.7 Å². The molecule has 1 aliphatic heterocycles. The molecule has 1 saturated carbocycles. The first kappa shape index (κ1) is 20.8. The summed E-state index contributed by atoms with van der Waals surface area (Å²) in [5.74, 6) is 1.84. The maximum Gasteiger partial charge on any atom is 0.224 e. The van der Waals surface area contributed by atoms with Gasteiger partial charge in [-0.3, -0.25) is 9.59 Å². The molecule has 1 heterocycles. The van der Waals surface area contributed by atoms with Crippen molar-refractivity contribution in [2.24, 2.45) is 11.8 Å². The fraction of sp³-hybridized carbons (Fsp3) is 0.636. The molecule has 28 heavy (non-hydrogen) atoms. The van der Waals surface area contributed by atoms with Gasteiger partial charge >= 0.3 is 0 Å². The zero-order valence-electron chi connectivity index (χ0n) is 16.9. The molecule has 0 bridgehead atoms. The molecule has 0 spiro atoms. The van der Waals surface area contributed by atoms with Gasteiger partial charge in [-0.1, -0.05) is 18.6 Å². The van der Waals surface area contributed by atoms with Crippen LogP contribution in [0.4, 0.5) is 5.69 Å². The Morgan fingerprint density at radius 2 is 1.82 bits per heavy atom. The first-order valence-corrected chi connectivity index (χ1v) is 10.5. The van der Waals surface area contributed by atoms with Gasteiger partial charge in [0.2, 0.25) is 11.8 Å². The molecule has 6 heteroatoms. The molecular formula is C22H33N3O3. The van der Waals surface area contributed by atoms with Gasteiger partial charge in [-0.05, 0) is 48.8 Å². The number of carbonyl (C=O) groups excluding carboxylic acids is 2.